The van der Waals surface area contributed by atoms with Crippen LogP contribution in [-0.4, -0.2) is 28.4 Å². The molecule has 3 rings (SSSR count). The number of hydrogen-bond donors (Lipinski definition) is 0. The largest absolute Gasteiger partial charge is 0.493 e. The molecule has 0 aliphatic heterocycles. The molecule has 0 heterocycles. The maximum Gasteiger partial charge on any atom is 0.203 e. The summed E-state index contributed by atoms with van der Waals surface area (Å²) in [6.45, 7) is 0.448. The fourth-order valence-electron chi connectivity index (χ4n) is 3.04. The van der Waals surface area contributed by atoms with Crippen molar-refractivity contribution in [1.82, 2.24) is 0 Å². The Bertz CT molecular complexity index is 1020. The summed E-state index contributed by atoms with van der Waals surface area (Å²) in [4.78, 5) is 0. The quantitative estimate of drug-likeness (QED) is 0.336. The standard InChI is InChI=1S/C25H25BrO5/c1-27-21-12-9-17(13-22(21)31-16-18-7-10-20(26)11-8-18)5-6-19-14-23(28-2)25(30-4)24(15-19)29-3/h5-15H,16H2,1-4H3/b6-5-. The molecule has 0 spiro atoms. The number of benzene rings is 3. The molecule has 0 saturated carbocycles. The molecule has 0 fully saturated rings. The van der Waals surface area contributed by atoms with E-state index in [2.05, 4.69) is 15.9 Å². The molecule has 0 unspecified atom stereocenters. The van der Waals surface area contributed by atoms with Gasteiger partial charge in [0.25, 0.3) is 0 Å². The summed E-state index contributed by atoms with van der Waals surface area (Å²) in [5.74, 6) is 3.14. The highest BCUT2D eigenvalue weighted by Crippen LogP contribution is 2.38. The second-order valence-electron chi connectivity index (χ2n) is 6.62. The Balaban J connectivity index is 1.82. The minimum absolute atomic E-state index is 0.448. The fourth-order valence-corrected chi connectivity index (χ4v) is 3.31. The molecular formula is C25H25BrO5. The Morgan fingerprint density at radius 3 is 1.81 bits per heavy atom. The third-order valence-corrected chi connectivity index (χ3v) is 5.18. The molecule has 0 saturated heterocycles. The Morgan fingerprint density at radius 2 is 1.23 bits per heavy atom. The SMILES string of the molecule is COc1ccc(/C=C\c2cc(OC)c(OC)c(OC)c2)cc1OCc1ccc(Br)cc1. The molecule has 0 bridgehead atoms. The van der Waals surface area contributed by atoms with E-state index >= 15 is 0 Å². The highest BCUT2D eigenvalue weighted by molar-refractivity contribution is 9.10. The summed E-state index contributed by atoms with van der Waals surface area (Å²) in [5.41, 5.74) is 2.96. The van der Waals surface area contributed by atoms with E-state index in [1.54, 1.807) is 28.4 Å². The molecular weight excluding hydrogens is 460 g/mol. The van der Waals surface area contributed by atoms with Crippen LogP contribution in [0.3, 0.4) is 0 Å². The fraction of sp³-hybridized carbons (Fsp3) is 0.200. The van der Waals surface area contributed by atoms with Gasteiger partial charge < -0.3 is 23.7 Å². The van der Waals surface area contributed by atoms with Gasteiger partial charge in [-0.25, -0.2) is 0 Å². The number of ether oxygens (including phenoxy) is 5. The van der Waals surface area contributed by atoms with Gasteiger partial charge in [0, 0.05) is 4.47 Å². The topological polar surface area (TPSA) is 46.2 Å². The molecule has 0 N–H and O–H groups in total. The summed E-state index contributed by atoms with van der Waals surface area (Å²) in [7, 11) is 6.42. The van der Waals surface area contributed by atoms with E-state index in [1.807, 2.05) is 66.7 Å². The van der Waals surface area contributed by atoms with Crippen LogP contribution in [0.5, 0.6) is 28.7 Å². The number of halogens is 1. The van der Waals surface area contributed by atoms with Gasteiger partial charge in [0.15, 0.2) is 23.0 Å². The molecule has 162 valence electrons. The van der Waals surface area contributed by atoms with Crippen molar-refractivity contribution < 1.29 is 23.7 Å². The zero-order valence-corrected chi connectivity index (χ0v) is 19.6. The van der Waals surface area contributed by atoms with Crippen LogP contribution in [0.4, 0.5) is 0 Å². The molecule has 0 amide bonds. The monoisotopic (exact) mass is 484 g/mol. The second-order valence-corrected chi connectivity index (χ2v) is 7.53. The molecule has 0 aliphatic carbocycles. The highest BCUT2D eigenvalue weighted by atomic mass is 79.9. The lowest BCUT2D eigenvalue weighted by Gasteiger charge is -2.13. The average Bonchev–Trinajstić information content (AvgIpc) is 2.81. The van der Waals surface area contributed by atoms with Gasteiger partial charge in [0.05, 0.1) is 28.4 Å². The predicted molar refractivity (Wildman–Crippen MR) is 126 cm³/mol. The van der Waals surface area contributed by atoms with Gasteiger partial charge in [-0.2, -0.15) is 0 Å². The van der Waals surface area contributed by atoms with Crippen molar-refractivity contribution in [2.24, 2.45) is 0 Å². The van der Waals surface area contributed by atoms with Crippen LogP contribution in [0.2, 0.25) is 0 Å². The normalized spacial score (nSPS) is 10.7. The first kappa shape index (κ1) is 22.6. The number of rotatable bonds is 9. The lowest BCUT2D eigenvalue weighted by Crippen LogP contribution is -1.98. The van der Waals surface area contributed by atoms with Crippen LogP contribution >= 0.6 is 15.9 Å². The molecule has 0 aliphatic rings. The number of methoxy groups -OCH3 is 4. The van der Waals surface area contributed by atoms with Crippen LogP contribution < -0.4 is 23.7 Å². The van der Waals surface area contributed by atoms with Gasteiger partial charge >= 0.3 is 0 Å². The molecule has 3 aromatic rings. The van der Waals surface area contributed by atoms with Gasteiger partial charge in [-0.05, 0) is 53.1 Å². The molecule has 0 radical (unpaired) electrons. The minimum Gasteiger partial charge on any atom is -0.493 e. The van der Waals surface area contributed by atoms with E-state index in [4.69, 9.17) is 23.7 Å². The van der Waals surface area contributed by atoms with Crippen LogP contribution in [0.25, 0.3) is 12.2 Å². The molecule has 5 nitrogen and oxygen atoms in total. The third-order valence-electron chi connectivity index (χ3n) is 4.65. The van der Waals surface area contributed by atoms with Gasteiger partial charge in [0.1, 0.15) is 6.61 Å². The third kappa shape index (κ3) is 5.73. The van der Waals surface area contributed by atoms with Gasteiger partial charge in [-0.1, -0.05) is 46.3 Å². The smallest absolute Gasteiger partial charge is 0.203 e. The van der Waals surface area contributed by atoms with E-state index < -0.39 is 0 Å². The van der Waals surface area contributed by atoms with Crippen molar-refractivity contribution in [1.29, 1.82) is 0 Å². The molecule has 6 heteroatoms. The summed E-state index contributed by atoms with van der Waals surface area (Å²) in [6, 6.07) is 17.6. The Hall–Kier alpha value is -3.12. The van der Waals surface area contributed by atoms with E-state index in [-0.39, 0.29) is 0 Å². The van der Waals surface area contributed by atoms with E-state index in [9.17, 15) is 0 Å². The highest BCUT2D eigenvalue weighted by Gasteiger charge is 2.12. The van der Waals surface area contributed by atoms with Crippen molar-refractivity contribution in [3.8, 4) is 28.7 Å². The second kappa shape index (κ2) is 10.8. The van der Waals surface area contributed by atoms with Gasteiger partial charge in [0.2, 0.25) is 5.75 Å². The first-order valence-electron chi connectivity index (χ1n) is 9.61. The maximum absolute atomic E-state index is 6.02. The van der Waals surface area contributed by atoms with E-state index in [1.165, 1.54) is 0 Å². The Labute approximate surface area is 191 Å². The first-order chi connectivity index (χ1) is 15.1. The van der Waals surface area contributed by atoms with Crippen molar-refractivity contribution in [3.63, 3.8) is 0 Å². The molecule has 3 aromatic carbocycles. The van der Waals surface area contributed by atoms with E-state index in [0.717, 1.165) is 21.2 Å². The van der Waals surface area contributed by atoms with Crippen molar-refractivity contribution in [2.75, 3.05) is 28.4 Å². The van der Waals surface area contributed by atoms with Crippen molar-refractivity contribution in [2.45, 2.75) is 6.61 Å². The van der Waals surface area contributed by atoms with Gasteiger partial charge in [-0.15, -0.1) is 0 Å². The van der Waals surface area contributed by atoms with Crippen LogP contribution in [0, 0.1) is 0 Å². The minimum atomic E-state index is 0.448. The summed E-state index contributed by atoms with van der Waals surface area (Å²) < 4.78 is 28.7. The zero-order chi connectivity index (χ0) is 22.2. The molecule has 31 heavy (non-hydrogen) atoms. The average molecular weight is 485 g/mol. The first-order valence-corrected chi connectivity index (χ1v) is 10.4. The van der Waals surface area contributed by atoms with Crippen LogP contribution in [0.1, 0.15) is 16.7 Å². The zero-order valence-electron chi connectivity index (χ0n) is 18.0. The lowest BCUT2D eigenvalue weighted by atomic mass is 10.1. The predicted octanol–water partition coefficient (Wildman–Crippen LogP) is 6.23. The summed E-state index contributed by atoms with van der Waals surface area (Å²) in [5, 5.41) is 0. The van der Waals surface area contributed by atoms with E-state index in [0.29, 0.717) is 35.4 Å². The Morgan fingerprint density at radius 1 is 0.645 bits per heavy atom. The summed E-state index contributed by atoms with van der Waals surface area (Å²) in [6.07, 6.45) is 3.97. The van der Waals surface area contributed by atoms with Crippen LogP contribution in [-0.2, 0) is 6.61 Å². The lowest BCUT2D eigenvalue weighted by molar-refractivity contribution is 0.284. The number of hydrogen-bond acceptors (Lipinski definition) is 5. The van der Waals surface area contributed by atoms with Crippen molar-refractivity contribution >= 4 is 28.1 Å². The Kier molecular flexibility index (Phi) is 7.84. The molecule has 0 atom stereocenters. The summed E-state index contributed by atoms with van der Waals surface area (Å²) >= 11 is 3.45. The maximum atomic E-state index is 6.02. The van der Waals surface area contributed by atoms with Gasteiger partial charge in [-0.3, -0.25) is 0 Å². The van der Waals surface area contributed by atoms with Crippen LogP contribution in [0.15, 0.2) is 59.1 Å². The van der Waals surface area contributed by atoms with Crippen molar-refractivity contribution in [3.05, 3.63) is 75.8 Å². The molecule has 0 aromatic heterocycles.